The molecule has 0 aliphatic carbocycles. The largest absolute Gasteiger partial charge is 0.465 e. The van der Waals surface area contributed by atoms with Crippen molar-refractivity contribution in [3.63, 3.8) is 0 Å². The number of nitrogens with two attached hydrogens (primary N) is 1. The molecule has 5 rings (SSSR count). The molecule has 3 aromatic heterocycles. The highest BCUT2D eigenvalue weighted by Gasteiger charge is 2.20. The van der Waals surface area contributed by atoms with Gasteiger partial charge in [0.15, 0.2) is 28.6 Å². The number of hydrogen-bond donors (Lipinski definition) is 1. The first kappa shape index (κ1) is 25.0. The number of anilines is 1. The van der Waals surface area contributed by atoms with Crippen molar-refractivity contribution in [2.45, 2.75) is 60.5 Å². The highest BCUT2D eigenvalue weighted by molar-refractivity contribution is 5.84. The van der Waals surface area contributed by atoms with Crippen molar-refractivity contribution < 1.29 is 4.74 Å². The van der Waals surface area contributed by atoms with E-state index >= 15 is 0 Å². The van der Waals surface area contributed by atoms with E-state index in [2.05, 4.69) is 55.9 Å². The van der Waals surface area contributed by atoms with Gasteiger partial charge in [-0.25, -0.2) is 15.0 Å². The number of allylic oxidation sites excluding steroid dienone is 2. The van der Waals surface area contributed by atoms with Gasteiger partial charge in [0.25, 0.3) is 6.01 Å². The lowest BCUT2D eigenvalue weighted by Gasteiger charge is -2.11. The molecule has 0 amide bonds. The summed E-state index contributed by atoms with van der Waals surface area (Å²) in [6, 6.07) is 9.06. The second-order valence-corrected chi connectivity index (χ2v) is 7.60. The van der Waals surface area contributed by atoms with Gasteiger partial charge in [-0.15, -0.1) is 0 Å². The number of rotatable bonds is 2. The third-order valence-electron chi connectivity index (χ3n) is 5.40. The lowest BCUT2D eigenvalue weighted by Crippen LogP contribution is -2.08. The van der Waals surface area contributed by atoms with E-state index in [-0.39, 0.29) is 7.43 Å². The number of aryl methyl sites for hydroxylation is 1. The van der Waals surface area contributed by atoms with Gasteiger partial charge >= 0.3 is 0 Å². The maximum absolute atomic E-state index is 6.31. The Bertz CT molecular complexity index is 1260. The van der Waals surface area contributed by atoms with Crippen LogP contribution < -0.4 is 10.5 Å². The third kappa shape index (κ3) is 5.11. The summed E-state index contributed by atoms with van der Waals surface area (Å²) in [6.07, 6.45) is 11.1. The lowest BCUT2D eigenvalue weighted by atomic mass is 10.1. The van der Waals surface area contributed by atoms with Crippen LogP contribution in [0.3, 0.4) is 0 Å². The van der Waals surface area contributed by atoms with Gasteiger partial charge in [0.1, 0.15) is 0 Å². The van der Waals surface area contributed by atoms with Crippen LogP contribution >= 0.6 is 0 Å². The SMILES string of the molecule is C.CC.CCOc1nc2c(N)nc3nc2n1Cc1cccc(c1)C/C=C/CCCn1ccnc1-3. The van der Waals surface area contributed by atoms with E-state index in [4.69, 9.17) is 15.5 Å². The van der Waals surface area contributed by atoms with Gasteiger partial charge in [0.2, 0.25) is 0 Å². The Morgan fingerprint density at radius 3 is 2.74 bits per heavy atom. The van der Waals surface area contributed by atoms with Gasteiger partial charge < -0.3 is 15.0 Å². The predicted octanol–water partition coefficient (Wildman–Crippen LogP) is 5.27. The van der Waals surface area contributed by atoms with Crippen LogP contribution in [0.4, 0.5) is 5.82 Å². The smallest absolute Gasteiger partial charge is 0.299 e. The number of hydrogen-bond acceptors (Lipinski definition) is 6. The minimum absolute atomic E-state index is 0. The summed E-state index contributed by atoms with van der Waals surface area (Å²) < 4.78 is 9.87. The molecule has 1 aromatic carbocycles. The number of fused-ring (bicyclic) bond motifs is 5. The summed E-state index contributed by atoms with van der Waals surface area (Å²) in [4.78, 5) is 18.5. The van der Waals surface area contributed by atoms with Crippen molar-refractivity contribution >= 4 is 17.0 Å². The van der Waals surface area contributed by atoms with E-state index in [0.29, 0.717) is 47.8 Å². The normalized spacial score (nSPS) is 14.0. The Morgan fingerprint density at radius 2 is 1.91 bits per heavy atom. The molecular formula is C26H35N7O. The molecular weight excluding hydrogens is 426 g/mol. The second kappa shape index (κ2) is 11.4. The van der Waals surface area contributed by atoms with Crippen LogP contribution in [0.15, 0.2) is 48.8 Å². The molecule has 34 heavy (non-hydrogen) atoms. The quantitative estimate of drug-likeness (QED) is 0.408. The van der Waals surface area contributed by atoms with Gasteiger partial charge in [-0.05, 0) is 37.3 Å². The Labute approximate surface area is 201 Å². The molecule has 4 heterocycles. The molecule has 8 heteroatoms. The molecule has 0 atom stereocenters. The predicted molar refractivity (Wildman–Crippen MR) is 138 cm³/mol. The van der Waals surface area contributed by atoms with Gasteiger partial charge in [-0.3, -0.25) is 4.57 Å². The maximum Gasteiger partial charge on any atom is 0.299 e. The van der Waals surface area contributed by atoms with Crippen LogP contribution in [0.5, 0.6) is 6.01 Å². The molecule has 4 bridgehead atoms. The highest BCUT2D eigenvalue weighted by atomic mass is 16.5. The molecule has 1 aliphatic heterocycles. The minimum atomic E-state index is 0. The molecule has 8 nitrogen and oxygen atoms in total. The summed E-state index contributed by atoms with van der Waals surface area (Å²) in [5.41, 5.74) is 9.93. The standard InChI is InChI=1S/C23H25N7O.C2H6.CH4/c1-2-31-23-26-18-19(24)27-20-22-25-11-13-29(22)12-6-4-3-5-8-16-9-7-10-17(14-16)15-30(23)21(18)28-20;1-2;/h3,5,7,9-11,13-14H,2,4,6,8,12,15H2,1H3,(H2,24,27,28);1-2H3;1H4/b5-3+;;. The van der Waals surface area contributed by atoms with Crippen molar-refractivity contribution in [2.24, 2.45) is 0 Å². The number of imidazole rings is 2. The van der Waals surface area contributed by atoms with E-state index in [0.717, 1.165) is 31.4 Å². The fraction of sp³-hybridized carbons (Fsp3) is 0.385. The number of aromatic nitrogens is 6. The Morgan fingerprint density at radius 1 is 1.09 bits per heavy atom. The van der Waals surface area contributed by atoms with E-state index < -0.39 is 0 Å². The van der Waals surface area contributed by atoms with E-state index in [1.807, 2.05) is 31.5 Å². The number of benzene rings is 1. The first-order chi connectivity index (χ1) is 16.2. The molecule has 0 saturated heterocycles. The summed E-state index contributed by atoms with van der Waals surface area (Å²) in [5, 5.41) is 0. The van der Waals surface area contributed by atoms with Gasteiger partial charge in [0, 0.05) is 18.9 Å². The van der Waals surface area contributed by atoms with Crippen molar-refractivity contribution in [2.75, 3.05) is 12.3 Å². The Balaban J connectivity index is 0.00000105. The van der Waals surface area contributed by atoms with Crippen LogP contribution in [-0.4, -0.2) is 35.7 Å². The molecule has 2 N–H and O–H groups in total. The maximum atomic E-state index is 6.31. The Kier molecular flexibility index (Phi) is 8.40. The van der Waals surface area contributed by atoms with Crippen molar-refractivity contribution in [3.8, 4) is 17.7 Å². The molecule has 180 valence electrons. The summed E-state index contributed by atoms with van der Waals surface area (Å²) in [7, 11) is 0. The molecule has 0 unspecified atom stereocenters. The van der Waals surface area contributed by atoms with Crippen LogP contribution in [-0.2, 0) is 19.5 Å². The monoisotopic (exact) mass is 461 g/mol. The zero-order valence-corrected chi connectivity index (χ0v) is 19.5. The lowest BCUT2D eigenvalue weighted by molar-refractivity contribution is 0.301. The van der Waals surface area contributed by atoms with Crippen LogP contribution in [0.2, 0.25) is 0 Å². The average Bonchev–Trinajstić information content (AvgIpc) is 3.43. The van der Waals surface area contributed by atoms with Gasteiger partial charge in [0.05, 0.1) is 13.2 Å². The van der Waals surface area contributed by atoms with Crippen molar-refractivity contribution in [1.82, 2.24) is 29.1 Å². The molecule has 0 spiro atoms. The van der Waals surface area contributed by atoms with E-state index in [9.17, 15) is 0 Å². The first-order valence-electron chi connectivity index (χ1n) is 11.6. The summed E-state index contributed by atoms with van der Waals surface area (Å²) >= 11 is 0. The zero-order valence-electron chi connectivity index (χ0n) is 19.5. The van der Waals surface area contributed by atoms with Gasteiger partial charge in [-0.1, -0.05) is 57.7 Å². The number of nitrogens with zero attached hydrogens (tertiary/aromatic N) is 6. The fourth-order valence-electron chi connectivity index (χ4n) is 3.93. The van der Waals surface area contributed by atoms with E-state index in [1.54, 1.807) is 6.20 Å². The second-order valence-electron chi connectivity index (χ2n) is 7.60. The minimum Gasteiger partial charge on any atom is -0.465 e. The van der Waals surface area contributed by atoms with Gasteiger partial charge in [-0.2, -0.15) is 4.98 Å². The zero-order chi connectivity index (χ0) is 23.2. The summed E-state index contributed by atoms with van der Waals surface area (Å²) in [5.74, 6) is 1.53. The molecule has 0 radical (unpaired) electrons. The Hall–Kier alpha value is -3.68. The van der Waals surface area contributed by atoms with Crippen molar-refractivity contribution in [3.05, 3.63) is 59.9 Å². The first-order valence-corrected chi connectivity index (χ1v) is 11.6. The van der Waals surface area contributed by atoms with E-state index in [1.165, 1.54) is 5.56 Å². The fourth-order valence-corrected chi connectivity index (χ4v) is 3.93. The molecule has 0 saturated carbocycles. The third-order valence-corrected chi connectivity index (χ3v) is 5.40. The van der Waals surface area contributed by atoms with Crippen LogP contribution in [0.25, 0.3) is 22.8 Å². The van der Waals surface area contributed by atoms with Crippen LogP contribution in [0.1, 0.15) is 52.2 Å². The highest BCUT2D eigenvalue weighted by Crippen LogP contribution is 2.28. The number of ether oxygens (including phenoxy) is 1. The van der Waals surface area contributed by atoms with Crippen molar-refractivity contribution in [1.29, 1.82) is 0 Å². The molecule has 4 aromatic rings. The molecule has 0 fully saturated rings. The topological polar surface area (TPSA) is 96.7 Å². The molecule has 1 aliphatic rings. The summed E-state index contributed by atoms with van der Waals surface area (Å²) in [6.45, 7) is 7.85. The number of nitrogen functional groups attached to an aromatic ring is 1. The average molecular weight is 462 g/mol. The van der Waals surface area contributed by atoms with Crippen LogP contribution in [0, 0.1) is 0 Å².